The summed E-state index contributed by atoms with van der Waals surface area (Å²) >= 11 is 0. The zero-order chi connectivity index (χ0) is 32.5. The molecule has 0 fully saturated rings. The van der Waals surface area contributed by atoms with Crippen LogP contribution in [-0.4, -0.2) is 87.9 Å². The number of hydrogen-bond acceptors (Lipinski definition) is 8. The first kappa shape index (κ1) is 35.0. The lowest BCUT2D eigenvalue weighted by Crippen LogP contribution is -2.57. The highest BCUT2D eigenvalue weighted by molar-refractivity contribution is 5.94. The van der Waals surface area contributed by atoms with E-state index in [4.69, 9.17) is 28.7 Å². The second kappa shape index (κ2) is 18.4. The maximum absolute atomic E-state index is 13.5. The van der Waals surface area contributed by atoms with Crippen LogP contribution in [0.1, 0.15) is 36.9 Å². The number of rotatable bonds is 19. The molecule has 1 aromatic heterocycles. The van der Waals surface area contributed by atoms with E-state index in [1.807, 2.05) is 30.3 Å². The van der Waals surface area contributed by atoms with Crippen LogP contribution in [0.25, 0.3) is 0 Å². The topological polar surface area (TPSA) is 308 Å². The van der Waals surface area contributed by atoms with Crippen molar-refractivity contribution in [3.05, 3.63) is 54.1 Å². The molecular weight excluding hydrogens is 572 g/mol. The third-order valence-corrected chi connectivity index (χ3v) is 6.39. The SMILES string of the molecule is NC(N)=NCCCC(NC(=O)C(Cc1cnc[nH]1)NC(=O)C(CCCN=C(N)N)NC(=O)C(N)Cc1ccccc1)C(=O)O. The van der Waals surface area contributed by atoms with E-state index in [0.29, 0.717) is 12.1 Å². The van der Waals surface area contributed by atoms with Crippen molar-refractivity contribution in [2.45, 2.75) is 62.7 Å². The fourth-order valence-electron chi connectivity index (χ4n) is 4.14. The first-order valence-electron chi connectivity index (χ1n) is 14.0. The summed E-state index contributed by atoms with van der Waals surface area (Å²) in [5.74, 6) is -3.54. The number of hydrogen-bond donors (Lipinski definition) is 10. The molecule has 17 nitrogen and oxygen atoms in total. The Kier molecular flexibility index (Phi) is 14.6. The average molecular weight is 615 g/mol. The van der Waals surface area contributed by atoms with Crippen LogP contribution in [0.3, 0.4) is 0 Å². The Morgan fingerprint density at radius 1 is 0.795 bits per heavy atom. The highest BCUT2D eigenvalue weighted by Gasteiger charge is 2.30. The number of carbonyl (C=O) groups is 4. The Morgan fingerprint density at radius 3 is 1.89 bits per heavy atom. The van der Waals surface area contributed by atoms with Crippen molar-refractivity contribution in [1.29, 1.82) is 0 Å². The monoisotopic (exact) mass is 614 g/mol. The zero-order valence-electron chi connectivity index (χ0n) is 24.3. The van der Waals surface area contributed by atoms with E-state index in [1.54, 1.807) is 0 Å². The van der Waals surface area contributed by atoms with Gasteiger partial charge in [0, 0.05) is 31.4 Å². The first-order chi connectivity index (χ1) is 21.0. The number of carboxylic acid groups (broad SMARTS) is 1. The van der Waals surface area contributed by atoms with Crippen LogP contribution in [0.4, 0.5) is 0 Å². The molecule has 1 heterocycles. The number of nitrogens with zero attached hydrogens (tertiary/aromatic N) is 3. The normalized spacial score (nSPS) is 13.4. The molecule has 3 amide bonds. The summed E-state index contributed by atoms with van der Waals surface area (Å²) in [7, 11) is 0. The van der Waals surface area contributed by atoms with Gasteiger partial charge in [-0.1, -0.05) is 30.3 Å². The van der Waals surface area contributed by atoms with E-state index in [9.17, 15) is 24.3 Å². The molecule has 2 rings (SSSR count). The molecule has 240 valence electrons. The quantitative estimate of drug-likeness (QED) is 0.0436. The van der Waals surface area contributed by atoms with Crippen LogP contribution in [0.2, 0.25) is 0 Å². The number of aliphatic carboxylic acids is 1. The van der Waals surface area contributed by atoms with Gasteiger partial charge in [0.05, 0.1) is 12.4 Å². The molecule has 0 saturated heterocycles. The number of H-pyrrole nitrogens is 1. The summed E-state index contributed by atoms with van der Waals surface area (Å²) in [5.41, 5.74) is 28.9. The molecule has 0 aliphatic heterocycles. The number of guanidine groups is 2. The Balaban J connectivity index is 2.19. The summed E-state index contributed by atoms with van der Waals surface area (Å²) in [5, 5.41) is 17.4. The van der Waals surface area contributed by atoms with Crippen LogP contribution in [0.5, 0.6) is 0 Å². The van der Waals surface area contributed by atoms with Gasteiger partial charge in [0.1, 0.15) is 18.1 Å². The third kappa shape index (κ3) is 13.2. The smallest absolute Gasteiger partial charge is 0.326 e. The van der Waals surface area contributed by atoms with E-state index < -0.39 is 47.9 Å². The molecule has 0 spiro atoms. The molecule has 2 aromatic rings. The average Bonchev–Trinajstić information content (AvgIpc) is 3.49. The standard InChI is InChI=1S/C27H42N12O5/c28-18(12-16-6-2-1-3-7-16)22(40)37-19(8-4-10-34-26(29)30)23(41)39-21(13-17-14-33-15-36-17)24(42)38-20(25(43)44)9-5-11-35-27(31)32/h1-3,6-7,14-15,18-21H,4-5,8-13,28H2,(H,33,36)(H,37,40)(H,38,42)(H,39,41)(H,43,44)(H4,29,30,34)(H4,31,32,35). The fourth-order valence-corrected chi connectivity index (χ4v) is 4.14. The largest absolute Gasteiger partial charge is 0.480 e. The number of nitrogens with two attached hydrogens (primary N) is 5. The Hall–Kier alpha value is -5.19. The lowest BCUT2D eigenvalue weighted by atomic mass is 10.0. The highest BCUT2D eigenvalue weighted by atomic mass is 16.4. The number of amides is 3. The van der Waals surface area contributed by atoms with E-state index in [0.717, 1.165) is 5.56 Å². The molecule has 0 radical (unpaired) electrons. The van der Waals surface area contributed by atoms with Gasteiger partial charge in [0.15, 0.2) is 11.9 Å². The van der Waals surface area contributed by atoms with Crippen LogP contribution in [-0.2, 0) is 32.0 Å². The van der Waals surface area contributed by atoms with Crippen molar-refractivity contribution in [3.8, 4) is 0 Å². The molecule has 44 heavy (non-hydrogen) atoms. The van der Waals surface area contributed by atoms with E-state index in [2.05, 4.69) is 35.9 Å². The molecular formula is C27H42N12O5. The van der Waals surface area contributed by atoms with Crippen molar-refractivity contribution >= 4 is 35.6 Å². The number of carbonyl (C=O) groups excluding carboxylic acids is 3. The minimum atomic E-state index is -1.27. The number of imidazole rings is 1. The number of aromatic nitrogens is 2. The fraction of sp³-hybridized carbons (Fsp3) is 0.444. The molecule has 0 bridgehead atoms. The third-order valence-electron chi connectivity index (χ3n) is 6.39. The maximum Gasteiger partial charge on any atom is 0.326 e. The van der Waals surface area contributed by atoms with Crippen LogP contribution >= 0.6 is 0 Å². The van der Waals surface area contributed by atoms with Crippen molar-refractivity contribution in [1.82, 2.24) is 25.9 Å². The second-order valence-corrected chi connectivity index (χ2v) is 10.00. The summed E-state index contributed by atoms with van der Waals surface area (Å²) in [6.07, 6.45) is 3.81. The van der Waals surface area contributed by atoms with Gasteiger partial charge in [-0.2, -0.15) is 0 Å². The Labute approximate surface area is 254 Å². The van der Waals surface area contributed by atoms with Gasteiger partial charge in [-0.3, -0.25) is 24.4 Å². The summed E-state index contributed by atoms with van der Waals surface area (Å²) < 4.78 is 0. The van der Waals surface area contributed by atoms with Gasteiger partial charge < -0.3 is 54.7 Å². The Morgan fingerprint density at radius 2 is 1.34 bits per heavy atom. The number of carboxylic acids is 1. The van der Waals surface area contributed by atoms with E-state index in [1.165, 1.54) is 12.5 Å². The molecule has 4 unspecified atom stereocenters. The number of nitrogens with one attached hydrogen (secondary N) is 4. The molecule has 4 atom stereocenters. The predicted octanol–water partition coefficient (Wildman–Crippen LogP) is -2.83. The van der Waals surface area contributed by atoms with Gasteiger partial charge in [-0.05, 0) is 37.7 Å². The molecule has 0 aliphatic rings. The van der Waals surface area contributed by atoms with E-state index in [-0.39, 0.29) is 57.1 Å². The lowest BCUT2D eigenvalue weighted by Gasteiger charge is -2.25. The van der Waals surface area contributed by atoms with Crippen molar-refractivity contribution in [2.75, 3.05) is 13.1 Å². The highest BCUT2D eigenvalue weighted by Crippen LogP contribution is 2.07. The van der Waals surface area contributed by atoms with Crippen LogP contribution in [0, 0.1) is 0 Å². The van der Waals surface area contributed by atoms with Gasteiger partial charge in [0.25, 0.3) is 0 Å². The molecule has 17 heteroatoms. The molecule has 0 aliphatic carbocycles. The van der Waals surface area contributed by atoms with E-state index >= 15 is 0 Å². The number of benzene rings is 1. The summed E-state index contributed by atoms with van der Waals surface area (Å²) in [4.78, 5) is 66.2. The summed E-state index contributed by atoms with van der Waals surface area (Å²) in [6, 6.07) is 4.59. The van der Waals surface area contributed by atoms with Crippen molar-refractivity contribution < 1.29 is 24.3 Å². The molecule has 0 saturated carbocycles. The van der Waals surface area contributed by atoms with Gasteiger partial charge >= 0.3 is 5.97 Å². The second-order valence-electron chi connectivity index (χ2n) is 10.00. The zero-order valence-corrected chi connectivity index (χ0v) is 24.3. The lowest BCUT2D eigenvalue weighted by molar-refractivity contribution is -0.142. The predicted molar refractivity (Wildman–Crippen MR) is 164 cm³/mol. The number of aliphatic imine (C=N–C) groups is 2. The molecule has 1 aromatic carbocycles. The maximum atomic E-state index is 13.5. The van der Waals surface area contributed by atoms with Crippen LogP contribution < -0.4 is 44.6 Å². The van der Waals surface area contributed by atoms with Gasteiger partial charge in [0.2, 0.25) is 17.7 Å². The minimum absolute atomic E-state index is 0.0331. The van der Waals surface area contributed by atoms with Gasteiger partial charge in [-0.25, -0.2) is 9.78 Å². The van der Waals surface area contributed by atoms with Crippen molar-refractivity contribution in [2.24, 2.45) is 38.7 Å². The van der Waals surface area contributed by atoms with Gasteiger partial charge in [-0.15, -0.1) is 0 Å². The number of aromatic amines is 1. The first-order valence-corrected chi connectivity index (χ1v) is 14.0. The van der Waals surface area contributed by atoms with Crippen LogP contribution in [0.15, 0.2) is 52.8 Å². The summed E-state index contributed by atoms with van der Waals surface area (Å²) in [6.45, 7) is 0.361. The minimum Gasteiger partial charge on any atom is -0.480 e. The van der Waals surface area contributed by atoms with Crippen molar-refractivity contribution in [3.63, 3.8) is 0 Å². The molecule has 15 N–H and O–H groups in total. The Bertz CT molecular complexity index is 1260.